The number of aromatic nitrogens is 2. The molecule has 0 bridgehead atoms. The predicted molar refractivity (Wildman–Crippen MR) is 116 cm³/mol. The van der Waals surface area contributed by atoms with Gasteiger partial charge in [0.2, 0.25) is 0 Å². The molecular weight excluding hydrogens is 370 g/mol. The molecule has 148 valence electrons. The average Bonchev–Trinajstić information content (AvgIpc) is 3.41. The second kappa shape index (κ2) is 11.2. The van der Waals surface area contributed by atoms with Crippen molar-refractivity contribution in [3.05, 3.63) is 78.0 Å². The van der Waals surface area contributed by atoms with E-state index in [0.29, 0.717) is 6.54 Å². The van der Waals surface area contributed by atoms with Crippen LogP contribution in [0, 0.1) is 0 Å². The van der Waals surface area contributed by atoms with Crippen molar-refractivity contribution < 1.29 is 4.42 Å². The molecule has 0 saturated heterocycles. The van der Waals surface area contributed by atoms with E-state index in [9.17, 15) is 0 Å². The van der Waals surface area contributed by atoms with Gasteiger partial charge in [-0.2, -0.15) is 16.9 Å². The first-order chi connectivity index (χ1) is 13.8. The molecule has 0 unspecified atom stereocenters. The summed E-state index contributed by atoms with van der Waals surface area (Å²) in [6.07, 6.45) is 8.42. The Morgan fingerprint density at radius 1 is 1.11 bits per heavy atom. The van der Waals surface area contributed by atoms with Crippen LogP contribution in [0.25, 0.3) is 0 Å². The third-order valence-electron chi connectivity index (χ3n) is 4.26. The number of hydrogen-bond donors (Lipinski definition) is 2. The molecule has 3 aromatic rings. The monoisotopic (exact) mass is 397 g/mol. The summed E-state index contributed by atoms with van der Waals surface area (Å²) in [6, 6.07) is 14.2. The van der Waals surface area contributed by atoms with E-state index < -0.39 is 0 Å². The molecule has 0 radical (unpaired) electrons. The molecule has 2 heterocycles. The van der Waals surface area contributed by atoms with Crippen LogP contribution in [0.15, 0.2) is 70.5 Å². The van der Waals surface area contributed by atoms with Crippen LogP contribution < -0.4 is 10.6 Å². The van der Waals surface area contributed by atoms with E-state index in [1.165, 1.54) is 11.1 Å². The lowest BCUT2D eigenvalue weighted by atomic mass is 10.1. The molecule has 0 aliphatic heterocycles. The molecule has 28 heavy (non-hydrogen) atoms. The summed E-state index contributed by atoms with van der Waals surface area (Å²) in [5.74, 6) is 2.84. The zero-order valence-corrected chi connectivity index (χ0v) is 17.0. The van der Waals surface area contributed by atoms with Crippen molar-refractivity contribution in [2.24, 2.45) is 4.99 Å². The van der Waals surface area contributed by atoms with Gasteiger partial charge in [-0.1, -0.05) is 24.3 Å². The van der Waals surface area contributed by atoms with Crippen molar-refractivity contribution in [2.45, 2.75) is 19.5 Å². The van der Waals surface area contributed by atoms with Crippen molar-refractivity contribution in [1.29, 1.82) is 0 Å². The number of benzene rings is 1. The molecule has 0 amide bonds. The van der Waals surface area contributed by atoms with Crippen LogP contribution in [-0.4, -0.2) is 40.8 Å². The normalized spacial score (nSPS) is 11.5. The fraction of sp³-hybridized carbons (Fsp3) is 0.333. The van der Waals surface area contributed by atoms with Gasteiger partial charge in [-0.15, -0.1) is 0 Å². The van der Waals surface area contributed by atoms with Crippen LogP contribution in [0.4, 0.5) is 0 Å². The summed E-state index contributed by atoms with van der Waals surface area (Å²) in [5, 5.41) is 11.1. The highest BCUT2D eigenvalue weighted by Crippen LogP contribution is 2.11. The zero-order valence-electron chi connectivity index (χ0n) is 16.2. The van der Waals surface area contributed by atoms with Crippen LogP contribution in [0.5, 0.6) is 0 Å². The van der Waals surface area contributed by atoms with E-state index in [2.05, 4.69) is 46.3 Å². The molecule has 0 spiro atoms. The van der Waals surface area contributed by atoms with Crippen molar-refractivity contribution in [1.82, 2.24) is 20.4 Å². The van der Waals surface area contributed by atoms with Crippen molar-refractivity contribution in [3.63, 3.8) is 0 Å². The minimum absolute atomic E-state index is 0.618. The van der Waals surface area contributed by atoms with E-state index in [4.69, 9.17) is 9.41 Å². The maximum absolute atomic E-state index is 5.40. The molecule has 3 rings (SSSR count). The fourth-order valence-corrected chi connectivity index (χ4v) is 3.11. The summed E-state index contributed by atoms with van der Waals surface area (Å²) in [4.78, 5) is 4.80. The molecule has 1 aromatic carbocycles. The Morgan fingerprint density at radius 2 is 1.96 bits per heavy atom. The van der Waals surface area contributed by atoms with E-state index in [-0.39, 0.29) is 0 Å². The first-order valence-electron chi connectivity index (χ1n) is 9.43. The standard InChI is InChI=1S/C21H27N5OS/c1-28-15-12-23-21(22-11-9-20-8-4-14-27-20)24-16-18-6-2-3-7-19(18)17-26-13-5-10-25-26/h2-8,10,13-14H,9,11-12,15-17H2,1H3,(H2,22,23,24). The summed E-state index contributed by atoms with van der Waals surface area (Å²) in [6.45, 7) is 3.02. The van der Waals surface area contributed by atoms with Crippen LogP contribution >= 0.6 is 11.8 Å². The second-order valence-electron chi connectivity index (χ2n) is 6.31. The van der Waals surface area contributed by atoms with Gasteiger partial charge < -0.3 is 15.1 Å². The largest absolute Gasteiger partial charge is 0.469 e. The number of thioether (sulfide) groups is 1. The highest BCUT2D eigenvalue weighted by molar-refractivity contribution is 7.98. The smallest absolute Gasteiger partial charge is 0.191 e. The fourth-order valence-electron chi connectivity index (χ4n) is 2.80. The minimum atomic E-state index is 0.618. The Bertz CT molecular complexity index is 830. The molecule has 2 N–H and O–H groups in total. The van der Waals surface area contributed by atoms with Crippen LogP contribution in [-0.2, 0) is 19.5 Å². The lowest BCUT2D eigenvalue weighted by Crippen LogP contribution is -2.39. The number of hydrogen-bond acceptors (Lipinski definition) is 4. The Hall–Kier alpha value is -2.67. The molecular formula is C21H27N5OS. The maximum atomic E-state index is 5.40. The Kier molecular flexibility index (Phi) is 8.06. The lowest BCUT2D eigenvalue weighted by molar-refractivity contribution is 0.507. The van der Waals surface area contributed by atoms with E-state index in [1.54, 1.807) is 12.5 Å². The number of nitrogens with one attached hydrogen (secondary N) is 2. The Morgan fingerprint density at radius 3 is 2.71 bits per heavy atom. The molecule has 0 saturated carbocycles. The molecule has 6 nitrogen and oxygen atoms in total. The average molecular weight is 398 g/mol. The molecule has 7 heteroatoms. The summed E-state index contributed by atoms with van der Waals surface area (Å²) >= 11 is 1.81. The molecule has 0 atom stereocenters. The first-order valence-corrected chi connectivity index (χ1v) is 10.8. The third-order valence-corrected chi connectivity index (χ3v) is 4.87. The second-order valence-corrected chi connectivity index (χ2v) is 7.30. The topological polar surface area (TPSA) is 67.4 Å². The van der Waals surface area contributed by atoms with Gasteiger partial charge in [0.25, 0.3) is 0 Å². The highest BCUT2D eigenvalue weighted by atomic mass is 32.2. The molecule has 0 aliphatic rings. The minimum Gasteiger partial charge on any atom is -0.469 e. The van der Waals surface area contributed by atoms with Crippen molar-refractivity contribution >= 4 is 17.7 Å². The van der Waals surface area contributed by atoms with Gasteiger partial charge in [-0.3, -0.25) is 4.68 Å². The summed E-state index contributed by atoms with van der Waals surface area (Å²) in [5.41, 5.74) is 2.43. The predicted octanol–water partition coefficient (Wildman–Crippen LogP) is 3.17. The maximum Gasteiger partial charge on any atom is 0.191 e. The zero-order chi connectivity index (χ0) is 19.4. The van der Waals surface area contributed by atoms with Gasteiger partial charge in [0, 0.05) is 37.7 Å². The molecule has 0 aliphatic carbocycles. The summed E-state index contributed by atoms with van der Waals surface area (Å²) < 4.78 is 7.33. The van der Waals surface area contributed by atoms with Crippen molar-refractivity contribution in [3.8, 4) is 0 Å². The third kappa shape index (κ3) is 6.49. The van der Waals surface area contributed by atoms with E-state index >= 15 is 0 Å². The Labute approximate surface area is 170 Å². The summed E-state index contributed by atoms with van der Waals surface area (Å²) in [7, 11) is 0. The van der Waals surface area contributed by atoms with Crippen molar-refractivity contribution in [2.75, 3.05) is 25.1 Å². The number of aliphatic imine (C=N–C) groups is 1. The highest BCUT2D eigenvalue weighted by Gasteiger charge is 2.05. The molecule has 0 fully saturated rings. The van der Waals surface area contributed by atoms with Crippen LogP contribution in [0.1, 0.15) is 16.9 Å². The van der Waals surface area contributed by atoms with Gasteiger partial charge in [0.15, 0.2) is 5.96 Å². The SMILES string of the molecule is CSCCNC(=NCc1ccccc1Cn1cccn1)NCCc1ccco1. The van der Waals surface area contributed by atoms with E-state index in [1.807, 2.05) is 40.8 Å². The number of furan rings is 1. The van der Waals surface area contributed by atoms with Gasteiger partial charge in [-0.25, -0.2) is 4.99 Å². The first kappa shape index (κ1) is 20.1. The Balaban J connectivity index is 1.62. The quantitative estimate of drug-likeness (QED) is 0.312. The van der Waals surface area contributed by atoms with Gasteiger partial charge in [0.1, 0.15) is 5.76 Å². The lowest BCUT2D eigenvalue weighted by Gasteiger charge is -2.13. The van der Waals surface area contributed by atoms with Gasteiger partial charge in [-0.05, 0) is 35.6 Å². The van der Waals surface area contributed by atoms with Gasteiger partial charge in [0.05, 0.1) is 19.4 Å². The number of guanidine groups is 1. The number of rotatable bonds is 10. The molecule has 2 aromatic heterocycles. The van der Waals surface area contributed by atoms with Crippen LogP contribution in [0.3, 0.4) is 0 Å². The van der Waals surface area contributed by atoms with Crippen LogP contribution in [0.2, 0.25) is 0 Å². The van der Waals surface area contributed by atoms with E-state index in [0.717, 1.165) is 43.5 Å². The number of nitrogens with zero attached hydrogens (tertiary/aromatic N) is 3. The van der Waals surface area contributed by atoms with Gasteiger partial charge >= 0.3 is 0 Å².